The molecule has 0 saturated carbocycles. The van der Waals surface area contributed by atoms with Crippen LogP contribution in [0.15, 0.2) is 48.5 Å². The van der Waals surface area contributed by atoms with Crippen LogP contribution in [0, 0.1) is 21.4 Å². The minimum atomic E-state index is -0.517. The van der Waals surface area contributed by atoms with Crippen molar-refractivity contribution in [1.29, 1.82) is 5.26 Å². The molecular formula is C15H11N3O4. The minimum absolute atomic E-state index is 0.0532. The number of ether oxygens (including phenoxy) is 1. The van der Waals surface area contributed by atoms with E-state index in [0.717, 1.165) is 0 Å². The van der Waals surface area contributed by atoms with Crippen molar-refractivity contribution in [2.75, 3.05) is 11.9 Å². The number of carbonyl (C=O) groups is 1. The highest BCUT2D eigenvalue weighted by Crippen LogP contribution is 2.16. The first-order valence-electron chi connectivity index (χ1n) is 6.26. The van der Waals surface area contributed by atoms with Gasteiger partial charge in [0.25, 0.3) is 11.6 Å². The second-order valence-corrected chi connectivity index (χ2v) is 4.28. The van der Waals surface area contributed by atoms with E-state index in [1.54, 1.807) is 18.2 Å². The van der Waals surface area contributed by atoms with Crippen molar-refractivity contribution in [3.63, 3.8) is 0 Å². The van der Waals surface area contributed by atoms with Crippen LogP contribution in [0.3, 0.4) is 0 Å². The van der Waals surface area contributed by atoms with Gasteiger partial charge in [0.1, 0.15) is 5.75 Å². The highest BCUT2D eigenvalue weighted by atomic mass is 16.6. The van der Waals surface area contributed by atoms with Crippen molar-refractivity contribution in [3.05, 3.63) is 64.2 Å². The molecule has 0 unspecified atom stereocenters. The molecule has 0 fully saturated rings. The molecule has 0 heterocycles. The molecule has 2 aromatic rings. The molecule has 0 saturated heterocycles. The number of benzene rings is 2. The molecule has 1 N–H and O–H groups in total. The topological polar surface area (TPSA) is 105 Å². The van der Waals surface area contributed by atoms with E-state index in [9.17, 15) is 14.9 Å². The Kier molecular flexibility index (Phi) is 4.67. The number of anilines is 1. The molecule has 22 heavy (non-hydrogen) atoms. The summed E-state index contributed by atoms with van der Waals surface area (Å²) >= 11 is 0. The van der Waals surface area contributed by atoms with Gasteiger partial charge in [-0.2, -0.15) is 5.26 Å². The first kappa shape index (κ1) is 15.0. The Hall–Kier alpha value is -3.40. The molecule has 0 atom stereocenters. The fourth-order valence-electron chi connectivity index (χ4n) is 1.67. The number of carbonyl (C=O) groups excluding carboxylic acids is 1. The van der Waals surface area contributed by atoms with Gasteiger partial charge in [-0.15, -0.1) is 0 Å². The van der Waals surface area contributed by atoms with Gasteiger partial charge < -0.3 is 10.1 Å². The summed E-state index contributed by atoms with van der Waals surface area (Å²) in [6, 6.07) is 13.9. The first-order valence-corrected chi connectivity index (χ1v) is 6.26. The van der Waals surface area contributed by atoms with Crippen molar-refractivity contribution >= 4 is 17.3 Å². The largest absolute Gasteiger partial charge is 0.484 e. The van der Waals surface area contributed by atoms with Crippen LogP contribution in [0.4, 0.5) is 11.4 Å². The zero-order valence-electron chi connectivity index (χ0n) is 11.4. The molecule has 0 radical (unpaired) electrons. The number of amides is 1. The second kappa shape index (κ2) is 6.85. The zero-order chi connectivity index (χ0) is 15.9. The lowest BCUT2D eigenvalue weighted by atomic mass is 10.2. The molecule has 0 bridgehead atoms. The van der Waals surface area contributed by atoms with Crippen LogP contribution in [0.1, 0.15) is 5.56 Å². The predicted octanol–water partition coefficient (Wildman–Crippen LogP) is 2.48. The van der Waals surface area contributed by atoms with Gasteiger partial charge in [0.05, 0.1) is 16.6 Å². The molecule has 0 aliphatic rings. The third kappa shape index (κ3) is 4.05. The molecule has 2 rings (SSSR count). The Bertz CT molecular complexity index is 735. The number of nitriles is 1. The lowest BCUT2D eigenvalue weighted by Gasteiger charge is -2.07. The summed E-state index contributed by atoms with van der Waals surface area (Å²) in [5.74, 6) is 0.00844. The lowest BCUT2D eigenvalue weighted by Crippen LogP contribution is -2.20. The highest BCUT2D eigenvalue weighted by molar-refractivity contribution is 5.91. The average molecular weight is 297 g/mol. The quantitative estimate of drug-likeness (QED) is 0.674. The van der Waals surface area contributed by atoms with Crippen LogP contribution in [0.5, 0.6) is 5.75 Å². The summed E-state index contributed by atoms with van der Waals surface area (Å²) < 4.78 is 5.27. The minimum Gasteiger partial charge on any atom is -0.484 e. The van der Waals surface area contributed by atoms with Gasteiger partial charge in [0, 0.05) is 17.8 Å². The van der Waals surface area contributed by atoms with E-state index in [1.165, 1.54) is 30.3 Å². The number of nitro groups is 1. The number of hydrogen-bond donors (Lipinski definition) is 1. The Morgan fingerprint density at radius 2 is 2.00 bits per heavy atom. The maximum atomic E-state index is 11.7. The van der Waals surface area contributed by atoms with E-state index < -0.39 is 10.8 Å². The second-order valence-electron chi connectivity index (χ2n) is 4.28. The zero-order valence-corrected chi connectivity index (χ0v) is 11.4. The monoisotopic (exact) mass is 297 g/mol. The molecule has 1 amide bonds. The third-order valence-corrected chi connectivity index (χ3v) is 2.69. The van der Waals surface area contributed by atoms with Crippen LogP contribution < -0.4 is 10.1 Å². The van der Waals surface area contributed by atoms with Gasteiger partial charge in [-0.1, -0.05) is 6.07 Å². The summed E-state index contributed by atoms with van der Waals surface area (Å²) in [5.41, 5.74) is 0.820. The van der Waals surface area contributed by atoms with Crippen LogP contribution in [0.25, 0.3) is 0 Å². The van der Waals surface area contributed by atoms with Gasteiger partial charge >= 0.3 is 0 Å². The van der Waals surface area contributed by atoms with Crippen LogP contribution in [-0.4, -0.2) is 17.4 Å². The number of nitro benzene ring substituents is 1. The molecule has 2 aromatic carbocycles. The molecule has 7 nitrogen and oxygen atoms in total. The highest BCUT2D eigenvalue weighted by Gasteiger charge is 2.07. The van der Waals surface area contributed by atoms with Crippen molar-refractivity contribution in [2.45, 2.75) is 0 Å². The lowest BCUT2D eigenvalue weighted by molar-refractivity contribution is -0.384. The van der Waals surface area contributed by atoms with Crippen molar-refractivity contribution in [2.24, 2.45) is 0 Å². The summed E-state index contributed by atoms with van der Waals surface area (Å²) in [6.45, 7) is -0.230. The van der Waals surface area contributed by atoms with Gasteiger partial charge in [0.15, 0.2) is 6.61 Å². The summed E-state index contributed by atoms with van der Waals surface area (Å²) in [4.78, 5) is 21.7. The van der Waals surface area contributed by atoms with Crippen molar-refractivity contribution in [1.82, 2.24) is 0 Å². The van der Waals surface area contributed by atoms with Crippen molar-refractivity contribution < 1.29 is 14.5 Å². The van der Waals surface area contributed by atoms with Crippen molar-refractivity contribution in [3.8, 4) is 11.8 Å². The smallest absolute Gasteiger partial charge is 0.269 e. The van der Waals surface area contributed by atoms with Crippen LogP contribution >= 0.6 is 0 Å². The summed E-state index contributed by atoms with van der Waals surface area (Å²) in [7, 11) is 0. The van der Waals surface area contributed by atoms with Gasteiger partial charge in [0.2, 0.25) is 0 Å². The number of non-ortho nitro benzene ring substituents is 1. The molecule has 110 valence electrons. The van der Waals surface area contributed by atoms with E-state index in [2.05, 4.69) is 5.32 Å². The Labute approximate surface area is 125 Å². The van der Waals surface area contributed by atoms with Gasteiger partial charge in [-0.3, -0.25) is 14.9 Å². The normalized spacial score (nSPS) is 9.59. The van der Waals surface area contributed by atoms with Gasteiger partial charge in [-0.25, -0.2) is 0 Å². The van der Waals surface area contributed by atoms with Crippen LogP contribution in [0.2, 0.25) is 0 Å². The molecule has 0 aliphatic heterocycles. The van der Waals surface area contributed by atoms with E-state index >= 15 is 0 Å². The number of hydrogen-bond acceptors (Lipinski definition) is 5. The fraction of sp³-hybridized carbons (Fsp3) is 0.0667. The van der Waals surface area contributed by atoms with E-state index in [1.807, 2.05) is 6.07 Å². The molecule has 0 spiro atoms. The third-order valence-electron chi connectivity index (χ3n) is 2.69. The number of nitrogens with zero attached hydrogens (tertiary/aromatic N) is 2. The molecular weight excluding hydrogens is 286 g/mol. The Morgan fingerprint density at radius 3 is 2.64 bits per heavy atom. The maximum absolute atomic E-state index is 11.7. The Balaban J connectivity index is 1.90. The summed E-state index contributed by atoms with van der Waals surface area (Å²) in [6.07, 6.45) is 0. The molecule has 0 aliphatic carbocycles. The van der Waals surface area contributed by atoms with Crippen LogP contribution in [-0.2, 0) is 4.79 Å². The van der Waals surface area contributed by atoms with E-state index in [0.29, 0.717) is 17.0 Å². The summed E-state index contributed by atoms with van der Waals surface area (Å²) in [5, 5.41) is 21.8. The fourth-order valence-corrected chi connectivity index (χ4v) is 1.67. The molecule has 7 heteroatoms. The number of nitrogens with one attached hydrogen (secondary N) is 1. The Morgan fingerprint density at radius 1 is 1.27 bits per heavy atom. The average Bonchev–Trinajstić information content (AvgIpc) is 2.53. The van der Waals surface area contributed by atoms with Gasteiger partial charge in [-0.05, 0) is 30.3 Å². The predicted molar refractivity (Wildman–Crippen MR) is 78.4 cm³/mol. The number of rotatable bonds is 5. The standard InChI is InChI=1S/C15H11N3O4/c16-9-11-2-1-3-14(8-11)22-10-15(19)17-12-4-6-13(7-5-12)18(20)21/h1-8H,10H2,(H,17,19). The van der Waals surface area contributed by atoms with E-state index in [4.69, 9.17) is 10.00 Å². The maximum Gasteiger partial charge on any atom is 0.269 e. The first-order chi connectivity index (χ1) is 10.6. The van der Waals surface area contributed by atoms with E-state index in [-0.39, 0.29) is 12.3 Å². The SMILES string of the molecule is N#Cc1cccc(OCC(=O)Nc2ccc([N+](=O)[O-])cc2)c1. The molecule has 0 aromatic heterocycles.